The van der Waals surface area contributed by atoms with Crippen LogP contribution in [0.1, 0.15) is 17.3 Å². The van der Waals surface area contributed by atoms with E-state index in [1.807, 2.05) is 49.5 Å². The molecule has 0 aliphatic carbocycles. The first-order valence-corrected chi connectivity index (χ1v) is 8.86. The van der Waals surface area contributed by atoms with Crippen LogP contribution in [0.4, 0.5) is 23.0 Å². The third-order valence-corrected chi connectivity index (χ3v) is 4.25. The predicted octanol–water partition coefficient (Wildman–Crippen LogP) is 4.39. The van der Waals surface area contributed by atoms with Crippen LogP contribution in [0.25, 0.3) is 0 Å². The molecule has 0 amide bonds. The second-order valence-corrected chi connectivity index (χ2v) is 6.59. The smallest absolute Gasteiger partial charge is 0.159 e. The molecular formula is C19H19N5OS. The van der Waals surface area contributed by atoms with Crippen molar-refractivity contribution in [1.29, 1.82) is 0 Å². The number of aromatic nitrogens is 2. The van der Waals surface area contributed by atoms with Gasteiger partial charge >= 0.3 is 0 Å². The summed E-state index contributed by atoms with van der Waals surface area (Å²) in [5.74, 6) is 1.40. The molecule has 2 aromatic carbocycles. The first kappa shape index (κ1) is 17.9. The average molecular weight is 365 g/mol. The average Bonchev–Trinajstić information content (AvgIpc) is 2.63. The Kier molecular flexibility index (Phi) is 5.83. The molecule has 0 aliphatic heterocycles. The zero-order valence-electron chi connectivity index (χ0n) is 14.5. The van der Waals surface area contributed by atoms with Gasteiger partial charge in [-0.3, -0.25) is 9.52 Å². The Hall–Kier alpha value is -2.90. The van der Waals surface area contributed by atoms with E-state index in [4.69, 9.17) is 0 Å². The van der Waals surface area contributed by atoms with Gasteiger partial charge in [0, 0.05) is 27.9 Å². The molecule has 132 valence electrons. The number of carbonyl (C=O) groups excluding carboxylic acids is 1. The zero-order valence-corrected chi connectivity index (χ0v) is 15.3. The van der Waals surface area contributed by atoms with Crippen LogP contribution < -0.4 is 15.4 Å². The molecule has 1 heterocycles. The molecule has 3 rings (SSSR count). The lowest BCUT2D eigenvalue weighted by atomic mass is 10.1. The molecule has 3 aromatic rings. The highest BCUT2D eigenvalue weighted by Crippen LogP contribution is 2.23. The molecule has 0 unspecified atom stereocenters. The van der Waals surface area contributed by atoms with E-state index in [-0.39, 0.29) is 5.78 Å². The summed E-state index contributed by atoms with van der Waals surface area (Å²) in [5.41, 5.74) is 2.48. The van der Waals surface area contributed by atoms with Gasteiger partial charge in [0.15, 0.2) is 5.78 Å². The number of anilines is 4. The molecule has 0 saturated heterocycles. The maximum atomic E-state index is 11.3. The zero-order chi connectivity index (χ0) is 18.4. The molecule has 0 aliphatic rings. The minimum atomic E-state index is 0.0451. The summed E-state index contributed by atoms with van der Waals surface area (Å²) in [6.45, 7) is 1.55. The van der Waals surface area contributed by atoms with Crippen LogP contribution in [0.3, 0.4) is 0 Å². The molecule has 3 N–H and O–H groups in total. The van der Waals surface area contributed by atoms with Crippen molar-refractivity contribution in [2.45, 2.75) is 11.8 Å². The van der Waals surface area contributed by atoms with Gasteiger partial charge in [0.05, 0.1) is 0 Å². The second-order valence-electron chi connectivity index (χ2n) is 5.51. The van der Waals surface area contributed by atoms with Gasteiger partial charge in [0.1, 0.15) is 18.0 Å². The van der Waals surface area contributed by atoms with Gasteiger partial charge < -0.3 is 10.6 Å². The van der Waals surface area contributed by atoms with E-state index in [0.717, 1.165) is 16.3 Å². The fraction of sp³-hybridized carbons (Fsp3) is 0.105. The van der Waals surface area contributed by atoms with Crippen molar-refractivity contribution in [2.24, 2.45) is 0 Å². The number of ketones is 1. The number of carbonyl (C=O) groups is 1. The van der Waals surface area contributed by atoms with Gasteiger partial charge in [-0.25, -0.2) is 9.97 Å². The Bertz CT molecular complexity index is 898. The van der Waals surface area contributed by atoms with Crippen molar-refractivity contribution in [3.05, 3.63) is 66.5 Å². The molecule has 1 aromatic heterocycles. The van der Waals surface area contributed by atoms with Crippen LogP contribution in [-0.4, -0.2) is 22.8 Å². The highest BCUT2D eigenvalue weighted by Gasteiger charge is 2.03. The summed E-state index contributed by atoms with van der Waals surface area (Å²) in [4.78, 5) is 20.9. The van der Waals surface area contributed by atoms with Crippen molar-refractivity contribution < 1.29 is 4.79 Å². The lowest BCUT2D eigenvalue weighted by Gasteiger charge is -2.10. The lowest BCUT2D eigenvalue weighted by molar-refractivity contribution is 0.101. The number of nitrogens with zero attached hydrogens (tertiary/aromatic N) is 2. The summed E-state index contributed by atoms with van der Waals surface area (Å²) in [5, 5.41) is 6.49. The molecule has 26 heavy (non-hydrogen) atoms. The van der Waals surface area contributed by atoms with Crippen molar-refractivity contribution >= 4 is 40.7 Å². The SMILES string of the molecule is CNSc1cccc(Nc2cc(Nc3ccc(C(C)=O)cc3)ncn2)c1. The van der Waals surface area contributed by atoms with Crippen LogP contribution in [0.2, 0.25) is 0 Å². The standard InChI is InChI=1S/C19H19N5OS/c1-13(25)14-6-8-15(9-7-14)23-18-11-19(22-12-21-18)24-16-4-3-5-17(10-16)26-20-2/h3-12,20H,1-2H3,(H2,21,22,23,24). The number of Topliss-reactive ketones (excluding diaryl/α,β-unsaturated/α-hetero) is 1. The van der Waals surface area contributed by atoms with Gasteiger partial charge in [-0.1, -0.05) is 6.07 Å². The predicted molar refractivity (Wildman–Crippen MR) is 106 cm³/mol. The largest absolute Gasteiger partial charge is 0.340 e. The van der Waals surface area contributed by atoms with E-state index >= 15 is 0 Å². The van der Waals surface area contributed by atoms with Crippen LogP contribution in [-0.2, 0) is 0 Å². The summed E-state index contributed by atoms with van der Waals surface area (Å²) in [7, 11) is 1.89. The first-order valence-electron chi connectivity index (χ1n) is 8.05. The summed E-state index contributed by atoms with van der Waals surface area (Å²) >= 11 is 1.55. The van der Waals surface area contributed by atoms with E-state index in [1.165, 1.54) is 6.33 Å². The highest BCUT2D eigenvalue weighted by molar-refractivity contribution is 7.97. The number of hydrogen-bond donors (Lipinski definition) is 3. The third-order valence-electron chi connectivity index (χ3n) is 3.56. The number of benzene rings is 2. The number of rotatable bonds is 7. The Morgan fingerprint density at radius 2 is 1.62 bits per heavy atom. The van der Waals surface area contributed by atoms with E-state index in [9.17, 15) is 4.79 Å². The second kappa shape index (κ2) is 8.46. The maximum absolute atomic E-state index is 11.3. The van der Waals surface area contributed by atoms with E-state index < -0.39 is 0 Å². The Labute approximate surface area is 156 Å². The third kappa shape index (κ3) is 4.81. The molecule has 0 fully saturated rings. The topological polar surface area (TPSA) is 78.9 Å². The van der Waals surface area contributed by atoms with Gasteiger partial charge in [0.2, 0.25) is 0 Å². The normalized spacial score (nSPS) is 10.4. The van der Waals surface area contributed by atoms with Crippen LogP contribution in [0, 0.1) is 0 Å². The van der Waals surface area contributed by atoms with Crippen molar-refractivity contribution in [3.63, 3.8) is 0 Å². The molecule has 0 saturated carbocycles. The number of nitrogens with one attached hydrogen (secondary N) is 3. The van der Waals surface area contributed by atoms with Crippen molar-refractivity contribution in [3.8, 4) is 0 Å². The first-order chi connectivity index (χ1) is 12.6. The van der Waals surface area contributed by atoms with Crippen LogP contribution in [0.5, 0.6) is 0 Å². The fourth-order valence-corrected chi connectivity index (χ4v) is 2.90. The van der Waals surface area contributed by atoms with E-state index in [0.29, 0.717) is 17.2 Å². The summed E-state index contributed by atoms with van der Waals surface area (Å²) in [6, 6.07) is 17.1. The Morgan fingerprint density at radius 3 is 2.27 bits per heavy atom. The molecule has 0 atom stereocenters. The van der Waals surface area contributed by atoms with Gasteiger partial charge in [-0.05, 0) is 68.4 Å². The minimum absolute atomic E-state index is 0.0451. The molecule has 6 nitrogen and oxygen atoms in total. The molecule has 0 radical (unpaired) electrons. The Balaban J connectivity index is 1.71. The maximum Gasteiger partial charge on any atom is 0.159 e. The van der Waals surface area contributed by atoms with Crippen molar-refractivity contribution in [2.75, 3.05) is 17.7 Å². The van der Waals surface area contributed by atoms with Gasteiger partial charge in [0.25, 0.3) is 0 Å². The van der Waals surface area contributed by atoms with Crippen LogP contribution in [0.15, 0.2) is 65.8 Å². The summed E-state index contributed by atoms with van der Waals surface area (Å²) < 4.78 is 3.05. The Morgan fingerprint density at radius 1 is 0.923 bits per heavy atom. The number of hydrogen-bond acceptors (Lipinski definition) is 7. The molecular weight excluding hydrogens is 346 g/mol. The molecule has 0 bridgehead atoms. The monoisotopic (exact) mass is 365 g/mol. The van der Waals surface area contributed by atoms with E-state index in [2.05, 4.69) is 25.3 Å². The minimum Gasteiger partial charge on any atom is -0.340 e. The van der Waals surface area contributed by atoms with Crippen molar-refractivity contribution in [1.82, 2.24) is 14.7 Å². The quantitative estimate of drug-likeness (QED) is 0.423. The fourth-order valence-electron chi connectivity index (χ4n) is 2.33. The van der Waals surface area contributed by atoms with Gasteiger partial charge in [-0.2, -0.15) is 0 Å². The van der Waals surface area contributed by atoms with Crippen LogP contribution >= 0.6 is 11.9 Å². The van der Waals surface area contributed by atoms with Gasteiger partial charge in [-0.15, -0.1) is 0 Å². The molecule has 0 spiro atoms. The lowest BCUT2D eigenvalue weighted by Crippen LogP contribution is -1.99. The highest BCUT2D eigenvalue weighted by atomic mass is 32.2. The van der Waals surface area contributed by atoms with E-state index in [1.54, 1.807) is 31.0 Å². The molecule has 7 heteroatoms. The summed E-state index contributed by atoms with van der Waals surface area (Å²) in [6.07, 6.45) is 1.50.